The Kier molecular flexibility index (Phi) is 5.44. The SMILES string of the molecule is Cl.Cn1cc(CNC(=O)CNCC2CC2)cn1. The summed E-state index contributed by atoms with van der Waals surface area (Å²) in [5.74, 6) is 0.857. The molecule has 1 aromatic rings. The third-order valence-electron chi connectivity index (χ3n) is 2.66. The van der Waals surface area contributed by atoms with Crippen molar-refractivity contribution in [3.05, 3.63) is 18.0 Å². The maximum atomic E-state index is 11.4. The zero-order valence-electron chi connectivity index (χ0n) is 9.98. The van der Waals surface area contributed by atoms with E-state index in [0.717, 1.165) is 18.0 Å². The van der Waals surface area contributed by atoms with Gasteiger partial charge in [0.25, 0.3) is 0 Å². The number of carbonyl (C=O) groups is 1. The topological polar surface area (TPSA) is 59.0 Å². The fraction of sp³-hybridized carbons (Fsp3) is 0.636. The third kappa shape index (κ3) is 5.19. The molecule has 0 aromatic carbocycles. The van der Waals surface area contributed by atoms with Crippen molar-refractivity contribution >= 4 is 18.3 Å². The minimum atomic E-state index is 0. The number of carbonyl (C=O) groups excluding carboxylic acids is 1. The van der Waals surface area contributed by atoms with Crippen molar-refractivity contribution in [2.75, 3.05) is 13.1 Å². The molecule has 0 atom stereocenters. The van der Waals surface area contributed by atoms with Crippen LogP contribution in [-0.4, -0.2) is 28.8 Å². The van der Waals surface area contributed by atoms with E-state index in [0.29, 0.717) is 13.1 Å². The lowest BCUT2D eigenvalue weighted by atomic mass is 10.3. The van der Waals surface area contributed by atoms with Crippen molar-refractivity contribution in [1.82, 2.24) is 20.4 Å². The lowest BCUT2D eigenvalue weighted by Gasteiger charge is -2.04. The molecule has 1 aliphatic rings. The van der Waals surface area contributed by atoms with Crippen LogP contribution in [0.5, 0.6) is 0 Å². The first kappa shape index (κ1) is 14.0. The Balaban J connectivity index is 0.00000144. The summed E-state index contributed by atoms with van der Waals surface area (Å²) in [6.07, 6.45) is 6.28. The number of amides is 1. The maximum absolute atomic E-state index is 11.4. The molecule has 0 aliphatic heterocycles. The number of hydrogen-bond acceptors (Lipinski definition) is 3. The van der Waals surface area contributed by atoms with Crippen LogP contribution in [0, 0.1) is 5.92 Å². The van der Waals surface area contributed by atoms with E-state index in [1.54, 1.807) is 10.9 Å². The van der Waals surface area contributed by atoms with E-state index < -0.39 is 0 Å². The van der Waals surface area contributed by atoms with E-state index >= 15 is 0 Å². The van der Waals surface area contributed by atoms with E-state index in [1.807, 2.05) is 13.2 Å². The second-order valence-electron chi connectivity index (χ2n) is 4.37. The van der Waals surface area contributed by atoms with Crippen molar-refractivity contribution in [3.8, 4) is 0 Å². The van der Waals surface area contributed by atoms with Crippen LogP contribution in [0.2, 0.25) is 0 Å². The zero-order chi connectivity index (χ0) is 11.4. The standard InChI is InChI=1S/C11H18N4O.ClH/c1-15-8-10(6-14-15)5-13-11(16)7-12-4-9-2-3-9;/h6,8-9,12H,2-5,7H2,1H3,(H,13,16);1H. The molecule has 1 aromatic heterocycles. The number of aromatic nitrogens is 2. The van der Waals surface area contributed by atoms with Crippen molar-refractivity contribution < 1.29 is 4.79 Å². The molecule has 0 radical (unpaired) electrons. The highest BCUT2D eigenvalue weighted by atomic mass is 35.5. The molecule has 0 bridgehead atoms. The Bertz CT molecular complexity index is 362. The van der Waals surface area contributed by atoms with Crippen molar-refractivity contribution in [1.29, 1.82) is 0 Å². The summed E-state index contributed by atoms with van der Waals surface area (Å²) in [5.41, 5.74) is 1.03. The molecule has 1 saturated carbocycles. The Morgan fingerprint density at radius 2 is 2.35 bits per heavy atom. The molecule has 1 heterocycles. The van der Waals surface area contributed by atoms with Crippen LogP contribution in [0.25, 0.3) is 0 Å². The van der Waals surface area contributed by atoms with Crippen LogP contribution in [0.4, 0.5) is 0 Å². The summed E-state index contributed by atoms with van der Waals surface area (Å²) >= 11 is 0. The van der Waals surface area contributed by atoms with E-state index in [2.05, 4.69) is 15.7 Å². The highest BCUT2D eigenvalue weighted by Gasteiger charge is 2.20. The van der Waals surface area contributed by atoms with Crippen molar-refractivity contribution in [2.24, 2.45) is 13.0 Å². The molecule has 96 valence electrons. The molecular formula is C11H19ClN4O. The summed E-state index contributed by atoms with van der Waals surface area (Å²) < 4.78 is 1.73. The molecule has 1 fully saturated rings. The van der Waals surface area contributed by atoms with Gasteiger partial charge in [-0.1, -0.05) is 0 Å². The van der Waals surface area contributed by atoms with E-state index in [9.17, 15) is 4.79 Å². The molecule has 0 unspecified atom stereocenters. The number of nitrogens with one attached hydrogen (secondary N) is 2. The van der Waals surface area contributed by atoms with Gasteiger partial charge in [0.1, 0.15) is 0 Å². The Hall–Kier alpha value is -1.07. The third-order valence-corrected chi connectivity index (χ3v) is 2.66. The lowest BCUT2D eigenvalue weighted by Crippen LogP contribution is -2.34. The number of nitrogens with zero attached hydrogens (tertiary/aromatic N) is 2. The summed E-state index contributed by atoms with van der Waals surface area (Å²) in [5, 5.41) is 10.0. The van der Waals surface area contributed by atoms with Gasteiger partial charge < -0.3 is 10.6 Å². The van der Waals surface area contributed by atoms with Gasteiger partial charge in [-0.2, -0.15) is 5.10 Å². The monoisotopic (exact) mass is 258 g/mol. The molecule has 5 nitrogen and oxygen atoms in total. The van der Waals surface area contributed by atoms with Gasteiger partial charge >= 0.3 is 0 Å². The van der Waals surface area contributed by atoms with Crippen LogP contribution in [0.15, 0.2) is 12.4 Å². The quantitative estimate of drug-likeness (QED) is 0.779. The summed E-state index contributed by atoms with van der Waals surface area (Å²) in [6.45, 7) is 1.94. The van der Waals surface area contributed by atoms with Crippen LogP contribution < -0.4 is 10.6 Å². The molecule has 0 saturated heterocycles. The van der Waals surface area contributed by atoms with E-state index in [4.69, 9.17) is 0 Å². The first-order valence-electron chi connectivity index (χ1n) is 5.69. The molecule has 0 spiro atoms. The van der Waals surface area contributed by atoms with Gasteiger partial charge in [0, 0.05) is 25.4 Å². The van der Waals surface area contributed by atoms with Gasteiger partial charge in [-0.3, -0.25) is 9.48 Å². The fourth-order valence-electron chi connectivity index (χ4n) is 1.54. The average Bonchev–Trinajstić information content (AvgIpc) is 2.98. The molecule has 2 rings (SSSR count). The van der Waals surface area contributed by atoms with Gasteiger partial charge in [-0.15, -0.1) is 12.4 Å². The molecule has 2 N–H and O–H groups in total. The molecule has 1 amide bonds. The Morgan fingerprint density at radius 3 is 2.94 bits per heavy atom. The summed E-state index contributed by atoms with van der Waals surface area (Å²) in [7, 11) is 1.86. The molecule has 17 heavy (non-hydrogen) atoms. The molecule has 1 aliphatic carbocycles. The minimum absolute atomic E-state index is 0. The van der Waals surface area contributed by atoms with E-state index in [-0.39, 0.29) is 18.3 Å². The van der Waals surface area contributed by atoms with Gasteiger partial charge in [0.05, 0.1) is 12.7 Å². The second-order valence-corrected chi connectivity index (χ2v) is 4.37. The predicted molar refractivity (Wildman–Crippen MR) is 67.9 cm³/mol. The number of rotatable bonds is 6. The Morgan fingerprint density at radius 1 is 1.59 bits per heavy atom. The number of hydrogen-bond donors (Lipinski definition) is 2. The highest BCUT2D eigenvalue weighted by molar-refractivity contribution is 5.85. The van der Waals surface area contributed by atoms with Gasteiger partial charge in [-0.05, 0) is 25.3 Å². The van der Waals surface area contributed by atoms with Crippen LogP contribution >= 0.6 is 12.4 Å². The average molecular weight is 259 g/mol. The highest BCUT2D eigenvalue weighted by Crippen LogP contribution is 2.27. The maximum Gasteiger partial charge on any atom is 0.234 e. The van der Waals surface area contributed by atoms with Gasteiger partial charge in [0.15, 0.2) is 0 Å². The lowest BCUT2D eigenvalue weighted by molar-refractivity contribution is -0.120. The van der Waals surface area contributed by atoms with Gasteiger partial charge in [-0.25, -0.2) is 0 Å². The minimum Gasteiger partial charge on any atom is -0.351 e. The Labute approximate surface area is 107 Å². The summed E-state index contributed by atoms with van der Waals surface area (Å²) in [4.78, 5) is 11.4. The smallest absolute Gasteiger partial charge is 0.234 e. The number of aryl methyl sites for hydroxylation is 1. The second kappa shape index (κ2) is 6.61. The first-order chi connectivity index (χ1) is 7.74. The van der Waals surface area contributed by atoms with Crippen molar-refractivity contribution in [2.45, 2.75) is 19.4 Å². The largest absolute Gasteiger partial charge is 0.351 e. The normalized spacial score (nSPS) is 14.2. The summed E-state index contributed by atoms with van der Waals surface area (Å²) in [6, 6.07) is 0. The fourth-order valence-corrected chi connectivity index (χ4v) is 1.54. The van der Waals surface area contributed by atoms with E-state index in [1.165, 1.54) is 12.8 Å². The van der Waals surface area contributed by atoms with Gasteiger partial charge in [0.2, 0.25) is 5.91 Å². The first-order valence-corrected chi connectivity index (χ1v) is 5.69. The van der Waals surface area contributed by atoms with Crippen LogP contribution in [0.1, 0.15) is 18.4 Å². The van der Waals surface area contributed by atoms with Crippen molar-refractivity contribution in [3.63, 3.8) is 0 Å². The van der Waals surface area contributed by atoms with Crippen LogP contribution in [-0.2, 0) is 18.4 Å². The number of halogens is 1. The van der Waals surface area contributed by atoms with Crippen LogP contribution in [0.3, 0.4) is 0 Å². The predicted octanol–water partition coefficient (Wildman–Crippen LogP) is 0.458. The zero-order valence-corrected chi connectivity index (χ0v) is 10.8. The molecule has 6 heteroatoms. The molecular weight excluding hydrogens is 240 g/mol.